The van der Waals surface area contributed by atoms with Gasteiger partial charge < -0.3 is 10.1 Å². The number of halogens is 5. The summed E-state index contributed by atoms with van der Waals surface area (Å²) in [6.07, 6.45) is -3.85. The summed E-state index contributed by atoms with van der Waals surface area (Å²) in [6.45, 7) is -0.723. The number of sulfonamides is 1. The minimum atomic E-state index is -4.72. The van der Waals surface area contributed by atoms with Gasteiger partial charge in [0.2, 0.25) is 15.9 Å². The molecule has 0 aliphatic heterocycles. The van der Waals surface area contributed by atoms with E-state index in [4.69, 9.17) is 27.9 Å². The van der Waals surface area contributed by atoms with Crippen LogP contribution in [0.25, 0.3) is 0 Å². The van der Waals surface area contributed by atoms with Crippen molar-refractivity contribution in [2.45, 2.75) is 6.18 Å². The first kappa shape index (κ1) is 23.1. The molecule has 2 rings (SSSR count). The van der Waals surface area contributed by atoms with Crippen LogP contribution in [0.2, 0.25) is 10.0 Å². The third kappa shape index (κ3) is 5.91. The number of anilines is 2. The maximum absolute atomic E-state index is 13.0. The molecule has 158 valence electrons. The Bertz CT molecular complexity index is 1030. The molecule has 0 aliphatic carbocycles. The fourth-order valence-corrected chi connectivity index (χ4v) is 3.63. The highest BCUT2D eigenvalue weighted by Crippen LogP contribution is 2.36. The molecule has 1 N–H and O–H groups in total. The summed E-state index contributed by atoms with van der Waals surface area (Å²) >= 11 is 11.5. The third-order valence-electron chi connectivity index (χ3n) is 3.65. The van der Waals surface area contributed by atoms with Crippen molar-refractivity contribution in [3.05, 3.63) is 52.0 Å². The number of hydrogen-bond donors (Lipinski definition) is 1. The Morgan fingerprint density at radius 2 is 1.83 bits per heavy atom. The maximum atomic E-state index is 13.0. The van der Waals surface area contributed by atoms with Crippen LogP contribution in [0.3, 0.4) is 0 Å². The average Bonchev–Trinajstić information content (AvgIpc) is 2.59. The van der Waals surface area contributed by atoms with E-state index in [9.17, 15) is 26.4 Å². The van der Waals surface area contributed by atoms with Gasteiger partial charge in [-0.1, -0.05) is 23.2 Å². The summed E-state index contributed by atoms with van der Waals surface area (Å²) in [6, 6.07) is 6.98. The maximum Gasteiger partial charge on any atom is 0.417 e. The summed E-state index contributed by atoms with van der Waals surface area (Å²) in [7, 11) is -2.65. The molecule has 2 aromatic rings. The number of alkyl halides is 3. The molecule has 6 nitrogen and oxygen atoms in total. The molecule has 0 aliphatic rings. The first-order valence-electron chi connectivity index (χ1n) is 7.81. The summed E-state index contributed by atoms with van der Waals surface area (Å²) in [5.74, 6) is -0.744. The molecule has 29 heavy (non-hydrogen) atoms. The van der Waals surface area contributed by atoms with Crippen LogP contribution in [-0.2, 0) is 21.0 Å². The number of carbonyl (C=O) groups excluding carboxylic acids is 1. The quantitative estimate of drug-likeness (QED) is 0.677. The van der Waals surface area contributed by atoms with E-state index in [2.05, 4.69) is 5.32 Å². The van der Waals surface area contributed by atoms with Gasteiger partial charge in [-0.2, -0.15) is 13.2 Å². The molecule has 0 heterocycles. The van der Waals surface area contributed by atoms with Crippen molar-refractivity contribution in [3.63, 3.8) is 0 Å². The Kier molecular flexibility index (Phi) is 6.92. The topological polar surface area (TPSA) is 75.7 Å². The van der Waals surface area contributed by atoms with Gasteiger partial charge in [0.15, 0.2) is 0 Å². The summed E-state index contributed by atoms with van der Waals surface area (Å²) < 4.78 is 69.1. The van der Waals surface area contributed by atoms with E-state index in [1.165, 1.54) is 31.4 Å². The Balaban J connectivity index is 2.33. The van der Waals surface area contributed by atoms with Crippen LogP contribution < -0.4 is 14.4 Å². The van der Waals surface area contributed by atoms with Gasteiger partial charge in [0.1, 0.15) is 12.3 Å². The molecule has 0 fully saturated rings. The molecular weight excluding hydrogens is 456 g/mol. The van der Waals surface area contributed by atoms with Gasteiger partial charge in [0.05, 0.1) is 29.6 Å². The number of nitrogens with zero attached hydrogens (tertiary/aromatic N) is 1. The fraction of sp³-hybridized carbons (Fsp3) is 0.235. The predicted octanol–water partition coefficient (Wildman–Crippen LogP) is 4.43. The lowest BCUT2D eigenvalue weighted by Gasteiger charge is -2.24. The monoisotopic (exact) mass is 470 g/mol. The molecule has 1 amide bonds. The Morgan fingerprint density at radius 3 is 2.38 bits per heavy atom. The Hall–Kier alpha value is -2.17. The minimum Gasteiger partial charge on any atom is -0.495 e. The minimum absolute atomic E-state index is 0.00439. The van der Waals surface area contributed by atoms with Gasteiger partial charge in [-0.05, 0) is 36.4 Å². The third-order valence-corrected chi connectivity index (χ3v) is 5.34. The van der Waals surface area contributed by atoms with Crippen LogP contribution in [0.1, 0.15) is 5.56 Å². The number of ether oxygens (including phenoxy) is 1. The number of nitrogens with one attached hydrogen (secondary N) is 1. The first-order chi connectivity index (χ1) is 13.3. The molecule has 0 aromatic heterocycles. The fourth-order valence-electron chi connectivity index (χ4n) is 2.39. The summed E-state index contributed by atoms with van der Waals surface area (Å²) in [5.41, 5.74) is -1.32. The van der Waals surface area contributed by atoms with Crippen LogP contribution in [-0.4, -0.2) is 34.2 Å². The second kappa shape index (κ2) is 8.68. The van der Waals surface area contributed by atoms with Crippen molar-refractivity contribution >= 4 is 50.5 Å². The van der Waals surface area contributed by atoms with Gasteiger partial charge in [-0.3, -0.25) is 9.10 Å². The highest BCUT2D eigenvalue weighted by atomic mass is 35.5. The summed E-state index contributed by atoms with van der Waals surface area (Å²) in [5, 5.41) is 1.89. The molecule has 12 heteroatoms. The molecule has 0 saturated heterocycles. The zero-order chi connectivity index (χ0) is 22.0. The smallest absolute Gasteiger partial charge is 0.417 e. The highest BCUT2D eigenvalue weighted by molar-refractivity contribution is 7.92. The van der Waals surface area contributed by atoms with Gasteiger partial charge in [0, 0.05) is 10.7 Å². The zero-order valence-corrected chi connectivity index (χ0v) is 17.4. The van der Waals surface area contributed by atoms with Gasteiger partial charge in [0.25, 0.3) is 0 Å². The lowest BCUT2D eigenvalue weighted by molar-refractivity contribution is -0.137. The van der Waals surface area contributed by atoms with E-state index < -0.39 is 39.2 Å². The van der Waals surface area contributed by atoms with E-state index in [-0.39, 0.29) is 22.1 Å². The molecule has 0 bridgehead atoms. The SMILES string of the molecule is COc1ccc(Cl)cc1N(CC(=O)Nc1ccc(Cl)c(C(F)(F)F)c1)S(C)(=O)=O. The zero-order valence-electron chi connectivity index (χ0n) is 15.0. The Labute approximate surface area is 175 Å². The van der Waals surface area contributed by atoms with Crippen molar-refractivity contribution in [2.24, 2.45) is 0 Å². The number of hydrogen-bond acceptors (Lipinski definition) is 4. The van der Waals surface area contributed by atoms with E-state index in [0.717, 1.165) is 16.6 Å². The number of methoxy groups -OCH3 is 1. The van der Waals surface area contributed by atoms with Gasteiger partial charge >= 0.3 is 6.18 Å². The second-order valence-electron chi connectivity index (χ2n) is 5.83. The van der Waals surface area contributed by atoms with Crippen LogP contribution in [0.4, 0.5) is 24.5 Å². The van der Waals surface area contributed by atoms with Crippen LogP contribution in [0.5, 0.6) is 5.75 Å². The number of amides is 1. The predicted molar refractivity (Wildman–Crippen MR) is 105 cm³/mol. The van der Waals surface area contributed by atoms with Crippen LogP contribution in [0, 0.1) is 0 Å². The normalized spacial score (nSPS) is 11.8. The molecule has 2 aromatic carbocycles. The molecular formula is C17H15Cl2F3N2O4S. The van der Waals surface area contributed by atoms with Gasteiger partial charge in [-0.25, -0.2) is 8.42 Å². The van der Waals surface area contributed by atoms with Crippen molar-refractivity contribution in [2.75, 3.05) is 29.5 Å². The van der Waals surface area contributed by atoms with Crippen molar-refractivity contribution in [1.29, 1.82) is 0 Å². The average molecular weight is 471 g/mol. The van der Waals surface area contributed by atoms with Crippen LogP contribution in [0.15, 0.2) is 36.4 Å². The summed E-state index contributed by atoms with van der Waals surface area (Å²) in [4.78, 5) is 12.4. The largest absolute Gasteiger partial charge is 0.495 e. The van der Waals surface area contributed by atoms with E-state index >= 15 is 0 Å². The van der Waals surface area contributed by atoms with Crippen LogP contribution >= 0.6 is 23.2 Å². The van der Waals surface area contributed by atoms with E-state index in [1.54, 1.807) is 0 Å². The number of carbonyl (C=O) groups is 1. The molecule has 0 atom stereocenters. The molecule has 0 radical (unpaired) electrons. The molecule has 0 saturated carbocycles. The lowest BCUT2D eigenvalue weighted by atomic mass is 10.2. The van der Waals surface area contributed by atoms with Crippen molar-refractivity contribution in [3.8, 4) is 5.75 Å². The standard InChI is InChI=1S/C17H15Cl2F3N2O4S/c1-28-15-6-3-10(18)7-14(15)24(29(2,26)27)9-16(25)23-11-4-5-13(19)12(8-11)17(20,21)22/h3-8H,9H2,1-2H3,(H,23,25). The second-order valence-corrected chi connectivity index (χ2v) is 8.58. The molecule has 0 spiro atoms. The Morgan fingerprint density at radius 1 is 1.17 bits per heavy atom. The van der Waals surface area contributed by atoms with Crippen molar-refractivity contribution < 1.29 is 31.1 Å². The van der Waals surface area contributed by atoms with Gasteiger partial charge in [-0.15, -0.1) is 0 Å². The van der Waals surface area contributed by atoms with E-state index in [1.807, 2.05) is 0 Å². The number of rotatable bonds is 6. The highest BCUT2D eigenvalue weighted by Gasteiger charge is 2.33. The lowest BCUT2D eigenvalue weighted by Crippen LogP contribution is -2.37. The first-order valence-corrected chi connectivity index (χ1v) is 10.4. The molecule has 0 unspecified atom stereocenters. The van der Waals surface area contributed by atoms with E-state index in [0.29, 0.717) is 6.07 Å². The van der Waals surface area contributed by atoms with Crippen molar-refractivity contribution in [1.82, 2.24) is 0 Å². The number of benzene rings is 2.